The molecule has 24 heavy (non-hydrogen) atoms. The molecule has 0 spiro atoms. The van der Waals surface area contributed by atoms with Crippen LogP contribution in [0.25, 0.3) is 0 Å². The molecule has 8 heteroatoms. The first-order valence-electron chi connectivity index (χ1n) is 7.77. The highest BCUT2D eigenvalue weighted by atomic mass is 19.1. The van der Waals surface area contributed by atoms with Gasteiger partial charge in [0.2, 0.25) is 11.8 Å². The fraction of sp³-hybridized carbons (Fsp3) is 0.438. The summed E-state index contributed by atoms with van der Waals surface area (Å²) in [6, 6.07) is 5.39. The Bertz CT molecular complexity index is 633. The van der Waals surface area contributed by atoms with Crippen LogP contribution in [0, 0.1) is 5.82 Å². The number of nitrogens with zero attached hydrogens (tertiary/aromatic N) is 2. The van der Waals surface area contributed by atoms with Crippen molar-refractivity contribution in [2.45, 2.75) is 12.5 Å². The third-order valence-electron chi connectivity index (χ3n) is 4.12. The molecule has 2 saturated heterocycles. The standard InChI is InChI=1S/C16H18FN3O4/c17-12-3-1-11(2-4-12)13-9-19(7-8-24-13)15(22)10-20-14(21)5-6-18-16(20)23/h1-4,13H,5-10H2,(H,18,23). The zero-order valence-electron chi connectivity index (χ0n) is 13.0. The Hall–Kier alpha value is -2.48. The topological polar surface area (TPSA) is 79.0 Å². The molecule has 4 amide bonds. The van der Waals surface area contributed by atoms with E-state index in [0.29, 0.717) is 26.2 Å². The van der Waals surface area contributed by atoms with E-state index < -0.39 is 6.03 Å². The van der Waals surface area contributed by atoms with Crippen LogP contribution in [-0.4, -0.2) is 60.4 Å². The molecule has 1 aromatic carbocycles. The SMILES string of the molecule is O=C(CN1C(=O)CCNC1=O)N1CCOC(c2ccc(F)cc2)C1. The molecule has 3 rings (SSSR count). The summed E-state index contributed by atoms with van der Waals surface area (Å²) < 4.78 is 18.7. The highest BCUT2D eigenvalue weighted by molar-refractivity contribution is 6.00. The van der Waals surface area contributed by atoms with Crippen LogP contribution in [0.15, 0.2) is 24.3 Å². The normalized spacial score (nSPS) is 21.6. The summed E-state index contributed by atoms with van der Waals surface area (Å²) in [7, 11) is 0. The number of urea groups is 1. The predicted octanol–water partition coefficient (Wildman–Crippen LogP) is 0.667. The molecule has 128 valence electrons. The number of hydrogen-bond acceptors (Lipinski definition) is 4. The van der Waals surface area contributed by atoms with Crippen LogP contribution in [0.2, 0.25) is 0 Å². The maximum absolute atomic E-state index is 13.0. The number of ether oxygens (including phenoxy) is 1. The molecule has 1 aromatic rings. The number of halogens is 1. The van der Waals surface area contributed by atoms with Gasteiger partial charge in [-0.3, -0.25) is 14.5 Å². The van der Waals surface area contributed by atoms with Gasteiger partial charge in [-0.05, 0) is 17.7 Å². The average molecular weight is 335 g/mol. The van der Waals surface area contributed by atoms with E-state index >= 15 is 0 Å². The van der Waals surface area contributed by atoms with E-state index in [0.717, 1.165) is 10.5 Å². The number of morpholine rings is 1. The number of rotatable bonds is 3. The highest BCUT2D eigenvalue weighted by Crippen LogP contribution is 2.22. The van der Waals surface area contributed by atoms with Crippen LogP contribution < -0.4 is 5.32 Å². The van der Waals surface area contributed by atoms with Gasteiger partial charge < -0.3 is 15.0 Å². The Labute approximate surface area is 138 Å². The van der Waals surface area contributed by atoms with Gasteiger partial charge >= 0.3 is 6.03 Å². The van der Waals surface area contributed by atoms with Gasteiger partial charge in [0.05, 0.1) is 13.2 Å². The first-order valence-corrected chi connectivity index (χ1v) is 7.77. The molecule has 0 saturated carbocycles. The minimum absolute atomic E-state index is 0.195. The quantitative estimate of drug-likeness (QED) is 0.880. The van der Waals surface area contributed by atoms with Crippen molar-refractivity contribution in [3.05, 3.63) is 35.6 Å². The molecule has 7 nitrogen and oxygen atoms in total. The minimum atomic E-state index is -0.539. The third kappa shape index (κ3) is 3.53. The first-order chi connectivity index (χ1) is 11.5. The van der Waals surface area contributed by atoms with Gasteiger partial charge in [0.15, 0.2) is 0 Å². The molecule has 1 unspecified atom stereocenters. The van der Waals surface area contributed by atoms with E-state index in [-0.39, 0.29) is 36.7 Å². The fourth-order valence-electron chi connectivity index (χ4n) is 2.77. The van der Waals surface area contributed by atoms with E-state index in [4.69, 9.17) is 4.74 Å². The number of imide groups is 1. The number of carbonyl (C=O) groups excluding carboxylic acids is 3. The Morgan fingerprint density at radius 2 is 2.04 bits per heavy atom. The molecule has 2 fully saturated rings. The van der Waals surface area contributed by atoms with Gasteiger partial charge in [0.1, 0.15) is 18.5 Å². The summed E-state index contributed by atoms with van der Waals surface area (Å²) in [5.41, 5.74) is 0.778. The van der Waals surface area contributed by atoms with Crippen molar-refractivity contribution in [1.82, 2.24) is 15.1 Å². The lowest BCUT2D eigenvalue weighted by molar-refractivity contribution is -0.143. The fourth-order valence-corrected chi connectivity index (χ4v) is 2.77. The van der Waals surface area contributed by atoms with Crippen molar-refractivity contribution in [3.8, 4) is 0 Å². The number of amides is 4. The zero-order valence-corrected chi connectivity index (χ0v) is 13.0. The molecular formula is C16H18FN3O4. The molecule has 1 N–H and O–H groups in total. The third-order valence-corrected chi connectivity index (χ3v) is 4.12. The number of nitrogens with one attached hydrogen (secondary N) is 1. The first kappa shape index (κ1) is 16.4. The van der Waals surface area contributed by atoms with Gasteiger partial charge in [0, 0.05) is 19.5 Å². The van der Waals surface area contributed by atoms with Gasteiger partial charge in [-0.2, -0.15) is 0 Å². The van der Waals surface area contributed by atoms with E-state index in [1.54, 1.807) is 17.0 Å². The van der Waals surface area contributed by atoms with E-state index in [1.807, 2.05) is 0 Å². The lowest BCUT2D eigenvalue weighted by Gasteiger charge is -2.34. The molecule has 1 atom stereocenters. The van der Waals surface area contributed by atoms with Crippen molar-refractivity contribution < 1.29 is 23.5 Å². The largest absolute Gasteiger partial charge is 0.370 e. The number of hydrogen-bond donors (Lipinski definition) is 1. The van der Waals surface area contributed by atoms with Gasteiger partial charge in [0.25, 0.3) is 0 Å². The Morgan fingerprint density at radius 1 is 1.29 bits per heavy atom. The van der Waals surface area contributed by atoms with Crippen LogP contribution in [0.4, 0.5) is 9.18 Å². The molecule has 0 radical (unpaired) electrons. The van der Waals surface area contributed by atoms with Crippen LogP contribution in [-0.2, 0) is 14.3 Å². The van der Waals surface area contributed by atoms with Crippen molar-refractivity contribution in [1.29, 1.82) is 0 Å². The predicted molar refractivity (Wildman–Crippen MR) is 81.4 cm³/mol. The van der Waals surface area contributed by atoms with Gasteiger partial charge in [-0.25, -0.2) is 9.18 Å². The van der Waals surface area contributed by atoms with Crippen molar-refractivity contribution in [2.75, 3.05) is 32.8 Å². The second-order valence-corrected chi connectivity index (χ2v) is 5.71. The summed E-state index contributed by atoms with van der Waals surface area (Å²) >= 11 is 0. The van der Waals surface area contributed by atoms with Gasteiger partial charge in [-0.15, -0.1) is 0 Å². The van der Waals surface area contributed by atoms with Crippen molar-refractivity contribution in [2.24, 2.45) is 0 Å². The van der Waals surface area contributed by atoms with Crippen LogP contribution in [0.1, 0.15) is 18.1 Å². The Morgan fingerprint density at radius 3 is 2.75 bits per heavy atom. The number of carbonyl (C=O) groups is 3. The average Bonchev–Trinajstić information content (AvgIpc) is 2.59. The smallest absolute Gasteiger partial charge is 0.324 e. The molecule has 2 heterocycles. The van der Waals surface area contributed by atoms with Crippen molar-refractivity contribution in [3.63, 3.8) is 0 Å². The maximum Gasteiger partial charge on any atom is 0.324 e. The van der Waals surface area contributed by atoms with Crippen LogP contribution in [0.5, 0.6) is 0 Å². The molecule has 0 aromatic heterocycles. The number of benzene rings is 1. The second-order valence-electron chi connectivity index (χ2n) is 5.71. The minimum Gasteiger partial charge on any atom is -0.370 e. The summed E-state index contributed by atoms with van der Waals surface area (Å²) in [6.07, 6.45) is -0.158. The molecular weight excluding hydrogens is 317 g/mol. The van der Waals surface area contributed by atoms with Crippen LogP contribution in [0.3, 0.4) is 0 Å². The maximum atomic E-state index is 13.0. The van der Waals surface area contributed by atoms with E-state index in [1.165, 1.54) is 12.1 Å². The monoisotopic (exact) mass is 335 g/mol. The molecule has 2 aliphatic rings. The second kappa shape index (κ2) is 6.96. The zero-order chi connectivity index (χ0) is 17.1. The lowest BCUT2D eigenvalue weighted by atomic mass is 10.1. The summed E-state index contributed by atoms with van der Waals surface area (Å²) in [6.45, 7) is 1.05. The van der Waals surface area contributed by atoms with Crippen molar-refractivity contribution >= 4 is 17.8 Å². The Balaban J connectivity index is 1.63. The molecule has 2 aliphatic heterocycles. The summed E-state index contributed by atoms with van der Waals surface area (Å²) in [5.74, 6) is -0.997. The summed E-state index contributed by atoms with van der Waals surface area (Å²) in [4.78, 5) is 38.4. The summed E-state index contributed by atoms with van der Waals surface area (Å²) in [5, 5.41) is 2.55. The van der Waals surface area contributed by atoms with Gasteiger partial charge in [-0.1, -0.05) is 12.1 Å². The van der Waals surface area contributed by atoms with E-state index in [9.17, 15) is 18.8 Å². The highest BCUT2D eigenvalue weighted by Gasteiger charge is 2.31. The van der Waals surface area contributed by atoms with E-state index in [2.05, 4.69) is 5.32 Å². The van der Waals surface area contributed by atoms with Crippen LogP contribution >= 0.6 is 0 Å². The molecule has 0 bridgehead atoms. The Kier molecular flexibility index (Phi) is 4.75. The lowest BCUT2D eigenvalue weighted by Crippen LogP contribution is -2.54. The molecule has 0 aliphatic carbocycles.